The second kappa shape index (κ2) is 10.9. The summed E-state index contributed by atoms with van der Waals surface area (Å²) in [6, 6.07) is 32.7. The van der Waals surface area contributed by atoms with Crippen molar-refractivity contribution in [1.29, 1.82) is 0 Å². The molecule has 5 aromatic rings. The maximum absolute atomic E-state index is 14.1. The van der Waals surface area contributed by atoms with Crippen molar-refractivity contribution in [1.82, 2.24) is 14.2 Å². The molecule has 0 amide bonds. The number of rotatable bonds is 8. The molecule has 1 aliphatic rings. The molecule has 0 radical (unpaired) electrons. The van der Waals surface area contributed by atoms with Crippen molar-refractivity contribution < 1.29 is 17.9 Å². The molecule has 0 spiro atoms. The summed E-state index contributed by atoms with van der Waals surface area (Å²) in [4.78, 5) is 0.162. The number of sulfonamides is 1. The highest BCUT2D eigenvalue weighted by Gasteiger charge is 2.40. The van der Waals surface area contributed by atoms with E-state index in [2.05, 4.69) is 0 Å². The van der Waals surface area contributed by atoms with Crippen LogP contribution in [0.25, 0.3) is 16.9 Å². The Balaban J connectivity index is 1.53. The first kappa shape index (κ1) is 26.3. The summed E-state index contributed by atoms with van der Waals surface area (Å²) in [6.07, 6.45) is 2.23. The minimum absolute atomic E-state index is 0.162. The second-order valence-electron chi connectivity index (χ2n) is 9.54. The Morgan fingerprint density at radius 2 is 1.34 bits per heavy atom. The fourth-order valence-electron chi connectivity index (χ4n) is 4.96. The van der Waals surface area contributed by atoms with E-state index in [1.165, 1.54) is 4.41 Å². The molecular formula is C32H28N4O4S. The number of nitrogens with zero attached hydrogens (tertiary/aromatic N) is 4. The number of ether oxygens (including phenoxy) is 2. The molecule has 0 saturated carbocycles. The van der Waals surface area contributed by atoms with E-state index >= 15 is 0 Å². The number of aromatic nitrogens is 2. The Labute approximate surface area is 239 Å². The largest absolute Gasteiger partial charge is 0.497 e. The molecule has 41 heavy (non-hydrogen) atoms. The highest BCUT2D eigenvalue weighted by atomic mass is 32.2. The molecule has 2 heterocycles. The van der Waals surface area contributed by atoms with Crippen molar-refractivity contribution in [3.8, 4) is 28.4 Å². The molecule has 206 valence electrons. The lowest BCUT2D eigenvalue weighted by Crippen LogP contribution is -2.27. The molecular weight excluding hydrogens is 536 g/mol. The van der Waals surface area contributed by atoms with Crippen LogP contribution in [0.4, 0.5) is 0 Å². The van der Waals surface area contributed by atoms with E-state index < -0.39 is 16.1 Å². The van der Waals surface area contributed by atoms with E-state index in [-0.39, 0.29) is 4.90 Å². The summed E-state index contributed by atoms with van der Waals surface area (Å²) in [7, 11) is -0.861. The first-order chi connectivity index (χ1) is 20.0. The zero-order valence-corrected chi connectivity index (χ0v) is 23.4. The Morgan fingerprint density at radius 3 is 1.95 bits per heavy atom. The van der Waals surface area contributed by atoms with E-state index in [9.17, 15) is 8.42 Å². The predicted molar refractivity (Wildman–Crippen MR) is 158 cm³/mol. The molecule has 0 N–H and O–H groups in total. The van der Waals surface area contributed by atoms with Crippen LogP contribution >= 0.6 is 0 Å². The topological polar surface area (TPSA) is 86.0 Å². The van der Waals surface area contributed by atoms with Gasteiger partial charge < -0.3 is 9.47 Å². The minimum Gasteiger partial charge on any atom is -0.497 e. The molecule has 1 aliphatic heterocycles. The van der Waals surface area contributed by atoms with Crippen molar-refractivity contribution in [2.45, 2.75) is 17.4 Å². The standard InChI is InChI=1S/C32H28N4O4S/c1-39-26-18-24(19-27(20-26)40-2)30-21-31(36(33-30)41(37,38)28-16-10-5-11-17-28)29-22-35(25-14-8-4-9-15-25)34-32(29)23-12-6-3-7-13-23/h3-20,22,31H,21H2,1-2H3/t31-/m1/s1. The normalized spacial score (nSPS) is 15.0. The zero-order chi connectivity index (χ0) is 28.4. The number of hydrogen-bond acceptors (Lipinski definition) is 6. The first-order valence-corrected chi connectivity index (χ1v) is 14.5. The first-order valence-electron chi connectivity index (χ1n) is 13.1. The summed E-state index contributed by atoms with van der Waals surface area (Å²) in [5, 5.41) is 9.69. The molecule has 0 aliphatic carbocycles. The Kier molecular flexibility index (Phi) is 7.03. The third-order valence-electron chi connectivity index (χ3n) is 7.01. The van der Waals surface area contributed by atoms with Crippen LogP contribution in [0.5, 0.6) is 11.5 Å². The molecule has 6 rings (SSSR count). The molecule has 1 aromatic heterocycles. The van der Waals surface area contributed by atoms with Gasteiger partial charge in [-0.1, -0.05) is 66.7 Å². The van der Waals surface area contributed by atoms with Crippen molar-refractivity contribution in [2.24, 2.45) is 5.10 Å². The maximum Gasteiger partial charge on any atom is 0.279 e. The minimum atomic E-state index is -4.02. The fourth-order valence-corrected chi connectivity index (χ4v) is 6.40. The second-order valence-corrected chi connectivity index (χ2v) is 11.3. The van der Waals surface area contributed by atoms with Gasteiger partial charge in [0.05, 0.1) is 42.2 Å². The van der Waals surface area contributed by atoms with Crippen LogP contribution in [-0.4, -0.2) is 42.5 Å². The summed E-state index contributed by atoms with van der Waals surface area (Å²) in [5.41, 5.74) is 4.49. The Bertz CT molecular complexity index is 1780. The van der Waals surface area contributed by atoms with Crippen molar-refractivity contribution in [3.63, 3.8) is 0 Å². The van der Waals surface area contributed by atoms with Gasteiger partial charge in [0, 0.05) is 35.4 Å². The lowest BCUT2D eigenvalue weighted by Gasteiger charge is -2.23. The molecule has 0 saturated heterocycles. The molecule has 1 atom stereocenters. The summed E-state index contributed by atoms with van der Waals surface area (Å²) in [6.45, 7) is 0. The van der Waals surface area contributed by atoms with Crippen LogP contribution in [0, 0.1) is 0 Å². The van der Waals surface area contributed by atoms with E-state index in [0.717, 1.165) is 16.8 Å². The summed E-state index contributed by atoms with van der Waals surface area (Å²) in [5.74, 6) is 1.18. The van der Waals surface area contributed by atoms with Crippen LogP contribution < -0.4 is 9.47 Å². The van der Waals surface area contributed by atoms with Gasteiger partial charge in [0.1, 0.15) is 11.5 Å². The van der Waals surface area contributed by atoms with Gasteiger partial charge in [0.2, 0.25) is 0 Å². The number of para-hydroxylation sites is 1. The zero-order valence-electron chi connectivity index (χ0n) is 22.6. The monoisotopic (exact) mass is 564 g/mol. The van der Waals surface area contributed by atoms with Gasteiger partial charge in [-0.15, -0.1) is 0 Å². The van der Waals surface area contributed by atoms with E-state index in [4.69, 9.17) is 19.7 Å². The van der Waals surface area contributed by atoms with Gasteiger partial charge in [-0.2, -0.15) is 23.0 Å². The smallest absolute Gasteiger partial charge is 0.279 e. The predicted octanol–water partition coefficient (Wildman–Crippen LogP) is 6.10. The lowest BCUT2D eigenvalue weighted by atomic mass is 9.97. The highest BCUT2D eigenvalue weighted by molar-refractivity contribution is 7.89. The number of benzene rings is 4. The third-order valence-corrected chi connectivity index (χ3v) is 8.71. The van der Waals surface area contributed by atoms with Crippen LogP contribution in [0.3, 0.4) is 0 Å². The molecule has 8 nitrogen and oxygen atoms in total. The van der Waals surface area contributed by atoms with Crippen LogP contribution in [0.1, 0.15) is 23.6 Å². The molecule has 4 aromatic carbocycles. The Morgan fingerprint density at radius 1 is 0.756 bits per heavy atom. The van der Waals surface area contributed by atoms with Gasteiger partial charge in [-0.05, 0) is 36.4 Å². The SMILES string of the molecule is COc1cc(OC)cc(C2=NN(S(=O)(=O)c3ccccc3)[C@@H](c3cn(-c4ccccc4)nc3-c3ccccc3)C2)c1. The fraction of sp³-hybridized carbons (Fsp3) is 0.125. The maximum atomic E-state index is 14.1. The number of methoxy groups -OCH3 is 2. The van der Waals surface area contributed by atoms with Crippen LogP contribution in [0.15, 0.2) is 125 Å². The molecule has 9 heteroatoms. The van der Waals surface area contributed by atoms with Crippen LogP contribution in [0.2, 0.25) is 0 Å². The lowest BCUT2D eigenvalue weighted by molar-refractivity contribution is 0.372. The van der Waals surface area contributed by atoms with Crippen molar-refractivity contribution in [2.75, 3.05) is 14.2 Å². The number of hydrazone groups is 1. The van der Waals surface area contributed by atoms with E-state index in [0.29, 0.717) is 34.9 Å². The number of hydrogen-bond donors (Lipinski definition) is 0. The summed E-state index contributed by atoms with van der Waals surface area (Å²) >= 11 is 0. The average Bonchev–Trinajstić information content (AvgIpc) is 3.68. The van der Waals surface area contributed by atoms with Gasteiger partial charge in [0.15, 0.2) is 0 Å². The van der Waals surface area contributed by atoms with Gasteiger partial charge in [-0.3, -0.25) is 0 Å². The average molecular weight is 565 g/mol. The quantitative estimate of drug-likeness (QED) is 0.227. The Hall–Kier alpha value is -4.89. The molecule has 0 unspecified atom stereocenters. The van der Waals surface area contributed by atoms with Crippen LogP contribution in [-0.2, 0) is 10.0 Å². The third kappa shape index (κ3) is 5.07. The van der Waals surface area contributed by atoms with Gasteiger partial charge in [0.25, 0.3) is 10.0 Å². The van der Waals surface area contributed by atoms with E-state index in [1.807, 2.05) is 79.0 Å². The molecule has 0 bridgehead atoms. The van der Waals surface area contributed by atoms with Gasteiger partial charge in [-0.25, -0.2) is 4.68 Å². The van der Waals surface area contributed by atoms with E-state index in [1.54, 1.807) is 55.3 Å². The highest BCUT2D eigenvalue weighted by Crippen LogP contribution is 2.41. The van der Waals surface area contributed by atoms with Crippen molar-refractivity contribution >= 4 is 15.7 Å². The van der Waals surface area contributed by atoms with Crippen molar-refractivity contribution in [3.05, 3.63) is 127 Å². The molecule has 0 fully saturated rings. The van der Waals surface area contributed by atoms with Gasteiger partial charge >= 0.3 is 0 Å². The summed E-state index contributed by atoms with van der Waals surface area (Å²) < 4.78 is 42.2.